The molecule has 0 aromatic carbocycles. The van der Waals surface area contributed by atoms with Crippen LogP contribution in [0.3, 0.4) is 0 Å². The number of hydrogen-bond acceptors (Lipinski definition) is 9. The lowest BCUT2D eigenvalue weighted by Crippen LogP contribution is -2.33. The van der Waals surface area contributed by atoms with Crippen LogP contribution in [-0.2, 0) is 13.8 Å². The fraction of sp³-hybridized carbons (Fsp3) is 0.688. The fourth-order valence-electron chi connectivity index (χ4n) is 3.04. The van der Waals surface area contributed by atoms with Crippen LogP contribution in [0.25, 0.3) is 11.2 Å². The Bertz CT molecular complexity index is 956. The lowest BCUT2D eigenvalue weighted by atomic mass is 10.1. The van der Waals surface area contributed by atoms with Crippen LogP contribution in [0.1, 0.15) is 27.0 Å². The third-order valence-corrected chi connectivity index (χ3v) is 6.03. The smallest absolute Gasteiger partial charge is 0.387 e. The predicted molar refractivity (Wildman–Crippen MR) is 118 cm³/mol. The molecular weight excluding hydrogens is 548 g/mol. The number of aromatic nitrogens is 4. The largest absolute Gasteiger partial charge is 0.469 e. The minimum Gasteiger partial charge on any atom is -0.387 e. The quantitative estimate of drug-likeness (QED) is 0.168. The number of phosphoric ester groups is 1. The molecule has 1 aliphatic rings. The van der Waals surface area contributed by atoms with E-state index in [0.29, 0.717) is 0 Å². The lowest BCUT2D eigenvalue weighted by molar-refractivity contribution is -0.0515. The molecule has 1 fully saturated rings. The molecule has 1 saturated heterocycles. The first-order valence-electron chi connectivity index (χ1n) is 9.59. The molecule has 4 atom stereocenters. The number of halogens is 1. The number of phosphoric acid groups is 1. The van der Waals surface area contributed by atoms with Gasteiger partial charge in [-0.2, -0.15) is 0 Å². The third-order valence-electron chi connectivity index (χ3n) is 4.78. The van der Waals surface area contributed by atoms with Gasteiger partial charge in [0, 0.05) is 22.6 Å². The van der Waals surface area contributed by atoms with Gasteiger partial charge in [-0.3, -0.25) is 13.9 Å². The molecule has 0 amide bonds. The first-order chi connectivity index (χ1) is 14.5. The maximum Gasteiger partial charge on any atom is 0.469 e. The second-order valence-electron chi connectivity index (χ2n) is 6.61. The van der Waals surface area contributed by atoms with Gasteiger partial charge in [0.05, 0.1) is 12.9 Å². The lowest BCUT2D eigenvalue weighted by Gasteiger charge is -2.17. The van der Waals surface area contributed by atoms with Crippen molar-refractivity contribution in [2.24, 2.45) is 0 Å². The van der Waals surface area contributed by atoms with Crippen LogP contribution in [0.4, 0.5) is 0 Å². The van der Waals surface area contributed by atoms with Gasteiger partial charge in [-0.15, -0.1) is 0 Å². The molecule has 31 heavy (non-hydrogen) atoms. The van der Waals surface area contributed by atoms with E-state index in [2.05, 4.69) is 45.1 Å². The first-order valence-corrected chi connectivity index (χ1v) is 12.2. The summed E-state index contributed by atoms with van der Waals surface area (Å²) in [5, 5.41) is 20.2. The summed E-state index contributed by atoms with van der Waals surface area (Å²) in [4.78, 5) is 42.0. The van der Waals surface area contributed by atoms with E-state index in [1.165, 1.54) is 24.2 Å². The van der Waals surface area contributed by atoms with Crippen molar-refractivity contribution in [2.75, 3.05) is 26.2 Å². The average molecular weight is 575 g/mol. The van der Waals surface area contributed by atoms with Crippen LogP contribution >= 0.6 is 30.4 Å². The molecule has 2 aromatic rings. The number of fused-ring (bicyclic) bond motifs is 1. The van der Waals surface area contributed by atoms with E-state index >= 15 is 0 Å². The van der Waals surface area contributed by atoms with Crippen LogP contribution in [0, 0.1) is 3.83 Å². The highest BCUT2D eigenvalue weighted by Gasteiger charge is 2.45. The van der Waals surface area contributed by atoms with Gasteiger partial charge in [-0.1, -0.05) is 20.8 Å². The standard InChI is InChI=1S/C10H12IN4O8P.C6H15N/c11-10-14-4-7(12-2-13-8(4)18)15(10)9-6(17)5(16)3(23-9)1-22-24(19,20)21;1-4-7(5-2)6-3/h2-3,5-6,9,16-17H,1H2,(H,12,13,18)(H2,19,20,21);4-6H2,1-3H3/t3-,5-,6-,9-;/m1./s1. The summed E-state index contributed by atoms with van der Waals surface area (Å²) in [6.07, 6.45) is -4.09. The minimum atomic E-state index is -4.75. The summed E-state index contributed by atoms with van der Waals surface area (Å²) in [5.74, 6) is 0. The number of H-pyrrole nitrogens is 1. The van der Waals surface area contributed by atoms with E-state index in [-0.39, 0.29) is 15.0 Å². The van der Waals surface area contributed by atoms with E-state index in [1.807, 2.05) is 22.6 Å². The highest BCUT2D eigenvalue weighted by atomic mass is 127. The number of nitrogens with zero attached hydrogens (tertiary/aromatic N) is 4. The van der Waals surface area contributed by atoms with Crippen molar-refractivity contribution in [3.63, 3.8) is 0 Å². The van der Waals surface area contributed by atoms with Gasteiger partial charge < -0.3 is 34.6 Å². The Labute approximate surface area is 191 Å². The normalized spacial score (nSPS) is 23.9. The first kappa shape index (κ1) is 26.3. The van der Waals surface area contributed by atoms with Crippen LogP contribution in [0.5, 0.6) is 0 Å². The maximum absolute atomic E-state index is 11.7. The van der Waals surface area contributed by atoms with Gasteiger partial charge >= 0.3 is 7.82 Å². The van der Waals surface area contributed by atoms with Gasteiger partial charge in [-0.05, 0) is 19.6 Å². The number of hydrogen-bond donors (Lipinski definition) is 5. The molecule has 176 valence electrons. The summed E-state index contributed by atoms with van der Waals surface area (Å²) in [6, 6.07) is 0. The van der Waals surface area contributed by atoms with Gasteiger partial charge in [0.25, 0.3) is 5.56 Å². The van der Waals surface area contributed by atoms with Crippen LogP contribution in [-0.4, -0.2) is 89.0 Å². The molecule has 0 bridgehead atoms. The summed E-state index contributed by atoms with van der Waals surface area (Å²) in [6.45, 7) is 9.50. The van der Waals surface area contributed by atoms with E-state index in [0.717, 1.165) is 6.33 Å². The van der Waals surface area contributed by atoms with Crippen molar-refractivity contribution in [1.29, 1.82) is 0 Å². The van der Waals surface area contributed by atoms with Crippen LogP contribution in [0.15, 0.2) is 11.1 Å². The molecule has 3 rings (SSSR count). The summed E-state index contributed by atoms with van der Waals surface area (Å²) in [7, 11) is -4.75. The number of imidazole rings is 1. The number of rotatable bonds is 7. The van der Waals surface area contributed by atoms with Crippen molar-refractivity contribution in [3.8, 4) is 0 Å². The Morgan fingerprint density at radius 1 is 1.26 bits per heavy atom. The number of nitrogens with one attached hydrogen (secondary N) is 1. The monoisotopic (exact) mass is 575 g/mol. The highest BCUT2D eigenvalue weighted by molar-refractivity contribution is 14.1. The number of ether oxygens (including phenoxy) is 1. The molecule has 0 aliphatic carbocycles. The maximum atomic E-state index is 11.7. The SMILES string of the molecule is CCN(CC)CC.O=c1[nH]cnc2c1nc(I)n2[C@@H]1O[C@H](COP(=O)(O)O)[C@@H](O)[C@H]1O. The molecule has 0 saturated carbocycles. The van der Waals surface area contributed by atoms with E-state index in [1.54, 1.807) is 0 Å². The van der Waals surface area contributed by atoms with Gasteiger partial charge in [-0.25, -0.2) is 14.5 Å². The molecule has 13 nitrogen and oxygen atoms in total. The van der Waals surface area contributed by atoms with Crippen molar-refractivity contribution >= 4 is 41.6 Å². The fourth-order valence-corrected chi connectivity index (χ4v) is 4.13. The van der Waals surface area contributed by atoms with Gasteiger partial charge in [0.15, 0.2) is 21.2 Å². The van der Waals surface area contributed by atoms with Crippen LogP contribution in [0.2, 0.25) is 0 Å². The van der Waals surface area contributed by atoms with E-state index < -0.39 is 44.5 Å². The third kappa shape index (κ3) is 6.52. The minimum absolute atomic E-state index is 0.0297. The number of aliphatic hydroxyl groups is 2. The number of aliphatic hydroxyl groups excluding tert-OH is 2. The second-order valence-corrected chi connectivity index (χ2v) is 8.81. The van der Waals surface area contributed by atoms with Crippen molar-refractivity contribution in [2.45, 2.75) is 45.3 Å². The Kier molecular flexibility index (Phi) is 9.54. The molecule has 0 radical (unpaired) electrons. The molecule has 3 heterocycles. The zero-order valence-electron chi connectivity index (χ0n) is 17.3. The van der Waals surface area contributed by atoms with Crippen molar-refractivity contribution < 1.29 is 33.8 Å². The Hall–Kier alpha value is -0.970. The average Bonchev–Trinajstić information content (AvgIpc) is 3.19. The summed E-state index contributed by atoms with van der Waals surface area (Å²) >= 11 is 1.81. The van der Waals surface area contributed by atoms with E-state index in [4.69, 9.17) is 14.5 Å². The predicted octanol–water partition coefficient (Wildman–Crippen LogP) is -0.199. The van der Waals surface area contributed by atoms with Crippen LogP contribution < -0.4 is 5.56 Å². The second kappa shape index (κ2) is 11.2. The molecular formula is C16H27IN5O8P. The van der Waals surface area contributed by atoms with Gasteiger partial charge in [0.1, 0.15) is 18.3 Å². The highest BCUT2D eigenvalue weighted by Crippen LogP contribution is 2.39. The van der Waals surface area contributed by atoms with Gasteiger partial charge in [0.2, 0.25) is 0 Å². The molecule has 0 unspecified atom stereocenters. The Balaban J connectivity index is 0.000000423. The van der Waals surface area contributed by atoms with Crippen molar-refractivity contribution in [1.82, 2.24) is 24.4 Å². The molecule has 15 heteroatoms. The zero-order valence-corrected chi connectivity index (χ0v) is 20.3. The molecule has 0 spiro atoms. The summed E-state index contributed by atoms with van der Waals surface area (Å²) in [5.41, 5.74) is -0.316. The molecule has 1 aliphatic heterocycles. The summed E-state index contributed by atoms with van der Waals surface area (Å²) < 4.78 is 22.1. The topological polar surface area (TPSA) is 183 Å². The Morgan fingerprint density at radius 2 is 1.87 bits per heavy atom. The van der Waals surface area contributed by atoms with Crippen molar-refractivity contribution in [3.05, 3.63) is 20.5 Å². The zero-order chi connectivity index (χ0) is 23.3. The Morgan fingerprint density at radius 3 is 2.39 bits per heavy atom. The van der Waals surface area contributed by atoms with E-state index in [9.17, 15) is 19.6 Å². The molecule has 2 aromatic heterocycles. The molecule has 5 N–H and O–H groups in total. The number of aromatic amines is 1.